The Labute approximate surface area is 117 Å². The molecule has 1 fully saturated rings. The predicted molar refractivity (Wildman–Crippen MR) is 76.9 cm³/mol. The van der Waals surface area contributed by atoms with Gasteiger partial charge in [0.15, 0.2) is 0 Å². The maximum atomic E-state index is 12.4. The number of aromatic amines is 1. The number of rotatable bonds is 3. The monoisotopic (exact) mass is 284 g/mol. The minimum atomic E-state index is -0.374. The zero-order valence-corrected chi connectivity index (χ0v) is 12.5. The van der Waals surface area contributed by atoms with Gasteiger partial charge in [-0.2, -0.15) is 0 Å². The summed E-state index contributed by atoms with van der Waals surface area (Å²) in [5.74, 6) is 0.951. The molecule has 3 atom stereocenters. The number of H-pyrrole nitrogens is 1. The zero-order chi connectivity index (χ0) is 14.2. The lowest BCUT2D eigenvalue weighted by molar-refractivity contribution is 0.316. The van der Waals surface area contributed by atoms with E-state index in [9.17, 15) is 9.59 Å². The van der Waals surface area contributed by atoms with Crippen molar-refractivity contribution < 1.29 is 0 Å². The molecule has 1 N–H and O–H groups in total. The van der Waals surface area contributed by atoms with E-state index in [-0.39, 0.29) is 22.4 Å². The normalized spacial score (nSPS) is 26.8. The predicted octanol–water partition coefficient (Wildman–Crippen LogP) is 2.75. The highest BCUT2D eigenvalue weighted by Crippen LogP contribution is 2.40. The third-order valence-corrected chi connectivity index (χ3v) is 4.89. The van der Waals surface area contributed by atoms with Crippen LogP contribution in [0.1, 0.15) is 51.6 Å². The summed E-state index contributed by atoms with van der Waals surface area (Å²) in [6, 6.07) is 0.00349. The first-order valence-electron chi connectivity index (χ1n) is 7.04. The Kier molecular flexibility index (Phi) is 4.19. The number of nitrogens with one attached hydrogen (secondary N) is 1. The quantitative estimate of drug-likeness (QED) is 0.868. The molecule has 2 rings (SSSR count). The molecule has 1 aromatic heterocycles. The second kappa shape index (κ2) is 5.53. The van der Waals surface area contributed by atoms with Gasteiger partial charge in [0, 0.05) is 6.04 Å². The van der Waals surface area contributed by atoms with E-state index in [1.54, 1.807) is 0 Å². The van der Waals surface area contributed by atoms with E-state index in [0.717, 1.165) is 19.3 Å². The Hall–Kier alpha value is -1.03. The molecule has 0 aromatic carbocycles. The Bertz CT molecular complexity index is 576. The molecule has 0 saturated heterocycles. The molecule has 3 unspecified atom stereocenters. The van der Waals surface area contributed by atoms with E-state index in [0.29, 0.717) is 23.8 Å². The lowest BCUT2D eigenvalue weighted by Crippen LogP contribution is -2.41. The molecule has 1 saturated carbocycles. The molecule has 0 aliphatic heterocycles. The first-order chi connectivity index (χ1) is 9.01. The third-order valence-electron chi connectivity index (χ3n) is 4.57. The second-order valence-electron chi connectivity index (χ2n) is 5.42. The number of hydrogen-bond acceptors (Lipinski definition) is 2. The van der Waals surface area contributed by atoms with Crippen LogP contribution in [0.5, 0.6) is 0 Å². The fraction of sp³-hybridized carbons (Fsp3) is 0.714. The number of aromatic nitrogens is 2. The van der Waals surface area contributed by atoms with Crippen LogP contribution in [0, 0.1) is 11.8 Å². The van der Waals surface area contributed by atoms with Crippen LogP contribution in [0.2, 0.25) is 5.15 Å². The van der Waals surface area contributed by atoms with Gasteiger partial charge in [-0.1, -0.05) is 38.8 Å². The fourth-order valence-electron chi connectivity index (χ4n) is 3.33. The molecule has 4 nitrogen and oxygen atoms in total. The summed E-state index contributed by atoms with van der Waals surface area (Å²) in [7, 11) is 0. The van der Waals surface area contributed by atoms with Crippen LogP contribution in [-0.4, -0.2) is 9.55 Å². The number of hydrogen-bond donors (Lipinski definition) is 1. The van der Waals surface area contributed by atoms with Crippen molar-refractivity contribution >= 4 is 11.6 Å². The molecule has 1 aromatic rings. The van der Waals surface area contributed by atoms with Gasteiger partial charge in [-0.3, -0.25) is 14.3 Å². The van der Waals surface area contributed by atoms with Crippen molar-refractivity contribution in [2.75, 3.05) is 0 Å². The highest BCUT2D eigenvalue weighted by atomic mass is 35.5. The average molecular weight is 285 g/mol. The van der Waals surface area contributed by atoms with E-state index in [2.05, 4.69) is 18.8 Å². The van der Waals surface area contributed by atoms with Crippen molar-refractivity contribution in [3.63, 3.8) is 0 Å². The lowest BCUT2D eigenvalue weighted by atomic mass is 9.93. The van der Waals surface area contributed by atoms with Crippen molar-refractivity contribution in [3.05, 3.63) is 31.6 Å². The van der Waals surface area contributed by atoms with Crippen LogP contribution in [0.3, 0.4) is 0 Å². The first kappa shape index (κ1) is 14.4. The van der Waals surface area contributed by atoms with Crippen LogP contribution in [0.4, 0.5) is 0 Å². The minimum absolute atomic E-state index is 0.00349. The Morgan fingerprint density at radius 2 is 2.00 bits per heavy atom. The van der Waals surface area contributed by atoms with Gasteiger partial charge in [0.05, 0.1) is 5.56 Å². The van der Waals surface area contributed by atoms with E-state index in [1.807, 2.05) is 6.92 Å². The summed E-state index contributed by atoms with van der Waals surface area (Å²) in [6.45, 7) is 6.17. The largest absolute Gasteiger partial charge is 0.329 e. The van der Waals surface area contributed by atoms with Crippen molar-refractivity contribution in [1.82, 2.24) is 9.55 Å². The molecular weight excluding hydrogens is 264 g/mol. The summed E-state index contributed by atoms with van der Waals surface area (Å²) < 4.78 is 1.39. The molecule has 0 amide bonds. The van der Waals surface area contributed by atoms with Crippen LogP contribution >= 0.6 is 11.6 Å². The maximum absolute atomic E-state index is 12.4. The maximum Gasteiger partial charge on any atom is 0.329 e. The van der Waals surface area contributed by atoms with Gasteiger partial charge in [0.25, 0.3) is 5.56 Å². The molecular formula is C14H21ClN2O2. The third kappa shape index (κ3) is 2.38. The summed E-state index contributed by atoms with van der Waals surface area (Å²) in [4.78, 5) is 27.1. The molecule has 0 spiro atoms. The van der Waals surface area contributed by atoms with Gasteiger partial charge < -0.3 is 0 Å². The molecule has 1 aliphatic carbocycles. The van der Waals surface area contributed by atoms with Crippen molar-refractivity contribution in [2.24, 2.45) is 11.8 Å². The lowest BCUT2D eigenvalue weighted by Gasteiger charge is -2.21. The van der Waals surface area contributed by atoms with Gasteiger partial charge in [0.1, 0.15) is 5.15 Å². The van der Waals surface area contributed by atoms with Crippen LogP contribution < -0.4 is 11.2 Å². The topological polar surface area (TPSA) is 54.9 Å². The first-order valence-corrected chi connectivity index (χ1v) is 7.42. The van der Waals surface area contributed by atoms with Gasteiger partial charge in [0.2, 0.25) is 0 Å². The highest BCUT2D eigenvalue weighted by Gasteiger charge is 2.34. The minimum Gasteiger partial charge on any atom is -0.297 e. The number of nitrogens with zero attached hydrogens (tertiary/aromatic N) is 1. The van der Waals surface area contributed by atoms with Crippen molar-refractivity contribution in [3.8, 4) is 0 Å². The van der Waals surface area contributed by atoms with Gasteiger partial charge in [-0.05, 0) is 31.1 Å². The van der Waals surface area contributed by atoms with E-state index in [1.165, 1.54) is 4.57 Å². The summed E-state index contributed by atoms with van der Waals surface area (Å²) in [6.07, 6.45) is 3.61. The smallest absolute Gasteiger partial charge is 0.297 e. The van der Waals surface area contributed by atoms with Crippen LogP contribution in [-0.2, 0) is 6.42 Å². The molecule has 1 aliphatic rings. The second-order valence-corrected chi connectivity index (χ2v) is 5.80. The fourth-order valence-corrected chi connectivity index (χ4v) is 3.63. The summed E-state index contributed by atoms with van der Waals surface area (Å²) in [5, 5.41) is 0.187. The Balaban J connectivity index is 2.52. The number of halogens is 1. The van der Waals surface area contributed by atoms with Gasteiger partial charge in [-0.15, -0.1) is 0 Å². The molecule has 19 heavy (non-hydrogen) atoms. The molecule has 0 bridgehead atoms. The summed E-state index contributed by atoms with van der Waals surface area (Å²) in [5.41, 5.74) is -0.0842. The molecule has 1 heterocycles. The molecule has 106 valence electrons. The van der Waals surface area contributed by atoms with Crippen LogP contribution in [0.25, 0.3) is 0 Å². The van der Waals surface area contributed by atoms with E-state index >= 15 is 0 Å². The highest BCUT2D eigenvalue weighted by molar-refractivity contribution is 6.30. The molecule has 5 heteroatoms. The SMILES string of the molecule is CCc1c(Cl)[nH]c(=O)n(C2CCC(CC)C2C)c1=O. The van der Waals surface area contributed by atoms with Crippen LogP contribution in [0.15, 0.2) is 9.59 Å². The Morgan fingerprint density at radius 1 is 1.32 bits per heavy atom. The summed E-state index contributed by atoms with van der Waals surface area (Å²) >= 11 is 5.94. The van der Waals surface area contributed by atoms with Gasteiger partial charge in [-0.25, -0.2) is 4.79 Å². The van der Waals surface area contributed by atoms with Crippen molar-refractivity contribution in [1.29, 1.82) is 0 Å². The zero-order valence-electron chi connectivity index (χ0n) is 11.7. The van der Waals surface area contributed by atoms with E-state index in [4.69, 9.17) is 11.6 Å². The molecule has 0 radical (unpaired) electrons. The standard InChI is InChI=1S/C14H21ClN2O2/c1-4-9-6-7-11(8(9)3)17-13(18)10(5-2)12(15)16-14(17)19/h8-9,11H,4-7H2,1-3H3,(H,16,19). The van der Waals surface area contributed by atoms with Gasteiger partial charge >= 0.3 is 5.69 Å². The average Bonchev–Trinajstić information content (AvgIpc) is 2.71. The Morgan fingerprint density at radius 3 is 2.53 bits per heavy atom. The van der Waals surface area contributed by atoms with E-state index < -0.39 is 0 Å². The van der Waals surface area contributed by atoms with Crippen molar-refractivity contribution in [2.45, 2.75) is 52.5 Å².